The van der Waals surface area contributed by atoms with Gasteiger partial charge in [0.05, 0.1) is 43.3 Å². The predicted octanol–water partition coefficient (Wildman–Crippen LogP) is -1.07. The minimum atomic E-state index is 0.876. The zero-order valence-corrected chi connectivity index (χ0v) is 11.0. The molecule has 3 rings (SSSR count). The summed E-state index contributed by atoms with van der Waals surface area (Å²) in [5.41, 5.74) is 2.75. The fourth-order valence-corrected chi connectivity index (χ4v) is 2.02. The molecule has 3 aromatic rings. The Bertz CT molecular complexity index is 742. The average Bonchev–Trinajstić information content (AvgIpc) is 2.42. The van der Waals surface area contributed by atoms with E-state index in [-0.39, 0.29) is 0 Å². The summed E-state index contributed by atoms with van der Waals surface area (Å²) < 4.78 is 3.98. The van der Waals surface area contributed by atoms with Crippen molar-refractivity contribution in [3.8, 4) is 0 Å². The van der Waals surface area contributed by atoms with Crippen LogP contribution in [0.5, 0.6) is 0 Å². The molecule has 0 fully saturated rings. The molecule has 0 saturated heterocycles. The van der Waals surface area contributed by atoms with E-state index in [0.29, 0.717) is 0 Å². The molecule has 5 heteroatoms. The number of aromatic nitrogens is 4. The Labute approximate surface area is 112 Å². The molecular formula is C14H14BN4+. The summed E-state index contributed by atoms with van der Waals surface area (Å²) in [4.78, 5) is 9.01. The maximum absolute atomic E-state index is 4.67. The lowest BCUT2D eigenvalue weighted by atomic mass is 9.75. The van der Waals surface area contributed by atoms with Crippen molar-refractivity contribution in [2.24, 2.45) is 14.1 Å². The molecule has 0 unspecified atom stereocenters. The Hall–Kier alpha value is -2.30. The van der Waals surface area contributed by atoms with Crippen molar-refractivity contribution < 1.29 is 9.13 Å². The first-order chi connectivity index (χ1) is 9.24. The van der Waals surface area contributed by atoms with E-state index in [2.05, 4.69) is 22.2 Å². The second-order valence-electron chi connectivity index (χ2n) is 4.50. The lowest BCUT2D eigenvalue weighted by Crippen LogP contribution is -2.61. The second kappa shape index (κ2) is 4.76. The van der Waals surface area contributed by atoms with Gasteiger partial charge in [0.1, 0.15) is 6.20 Å². The molecule has 0 aliphatic rings. The van der Waals surface area contributed by atoms with Gasteiger partial charge in [0.25, 0.3) is 0 Å². The molecule has 0 N–H and O–H groups in total. The summed E-state index contributed by atoms with van der Waals surface area (Å²) in [6.07, 6.45) is 5.84. The van der Waals surface area contributed by atoms with Crippen molar-refractivity contribution in [1.82, 2.24) is 9.97 Å². The minimum absolute atomic E-state index is 0.876. The van der Waals surface area contributed by atoms with Crippen LogP contribution in [-0.4, -0.2) is 17.2 Å². The summed E-state index contributed by atoms with van der Waals surface area (Å²) in [5.74, 6) is 0. The molecule has 0 atom stereocenters. The van der Waals surface area contributed by atoms with Crippen molar-refractivity contribution in [1.29, 1.82) is 0 Å². The largest absolute Gasteiger partial charge is 0.278 e. The standard InChI is InChI=1S/C14H14BN4/c1-18-9-5-8-16-13(18)15-14-17-12-7-4-3-6-11(12)10-19(14)2/h3-10H,1-2H3/q+1. The Balaban J connectivity index is 2.06. The summed E-state index contributed by atoms with van der Waals surface area (Å²) >= 11 is 0. The first-order valence-corrected chi connectivity index (χ1v) is 6.15. The molecule has 0 saturated carbocycles. The maximum atomic E-state index is 4.67. The van der Waals surface area contributed by atoms with Crippen molar-refractivity contribution >= 4 is 29.6 Å². The summed E-state index contributed by atoms with van der Waals surface area (Å²) in [7, 11) is 5.94. The second-order valence-corrected chi connectivity index (χ2v) is 4.50. The molecule has 0 bridgehead atoms. The van der Waals surface area contributed by atoms with E-state index in [0.717, 1.165) is 22.4 Å². The lowest BCUT2D eigenvalue weighted by molar-refractivity contribution is -0.660. The summed E-state index contributed by atoms with van der Waals surface area (Å²) in [6.45, 7) is 0. The molecule has 1 aromatic carbocycles. The van der Waals surface area contributed by atoms with Gasteiger partial charge in [-0.05, 0) is 19.4 Å². The number of benzene rings is 1. The first-order valence-electron chi connectivity index (χ1n) is 6.15. The number of nitrogens with zero attached hydrogens (tertiary/aromatic N) is 4. The zero-order chi connectivity index (χ0) is 13.2. The molecule has 0 aliphatic carbocycles. The van der Waals surface area contributed by atoms with Gasteiger partial charge in [-0.2, -0.15) is 0 Å². The van der Waals surface area contributed by atoms with Crippen LogP contribution in [0, 0.1) is 0 Å². The molecule has 0 spiro atoms. The molecule has 4 nitrogen and oxygen atoms in total. The Kier molecular flexibility index (Phi) is 2.95. The molecule has 19 heavy (non-hydrogen) atoms. The van der Waals surface area contributed by atoms with Gasteiger partial charge in [0.15, 0.2) is 5.52 Å². The van der Waals surface area contributed by atoms with Gasteiger partial charge in [-0.25, -0.2) is 0 Å². The Morgan fingerprint density at radius 3 is 2.68 bits per heavy atom. The van der Waals surface area contributed by atoms with Gasteiger partial charge >= 0.3 is 0 Å². The fraction of sp³-hybridized carbons (Fsp3) is 0.143. The van der Waals surface area contributed by atoms with Gasteiger partial charge in [-0.1, -0.05) is 17.1 Å². The molecule has 2 heterocycles. The predicted molar refractivity (Wildman–Crippen MR) is 73.4 cm³/mol. The van der Waals surface area contributed by atoms with E-state index in [9.17, 15) is 0 Å². The van der Waals surface area contributed by atoms with Crippen LogP contribution in [-0.2, 0) is 14.1 Å². The van der Waals surface area contributed by atoms with Crippen molar-refractivity contribution in [3.05, 3.63) is 48.9 Å². The highest BCUT2D eigenvalue weighted by Crippen LogP contribution is 2.05. The average molecular weight is 249 g/mol. The van der Waals surface area contributed by atoms with Gasteiger partial charge in [0, 0.05) is 6.07 Å². The van der Waals surface area contributed by atoms with Crippen LogP contribution < -0.4 is 20.6 Å². The lowest BCUT2D eigenvalue weighted by Gasteiger charge is -2.09. The van der Waals surface area contributed by atoms with Gasteiger partial charge in [0.2, 0.25) is 0 Å². The third kappa shape index (κ3) is 2.31. The van der Waals surface area contributed by atoms with Crippen LogP contribution in [0.1, 0.15) is 0 Å². The number of hydrogen-bond acceptors (Lipinski definition) is 2. The van der Waals surface area contributed by atoms with Crippen LogP contribution in [0.25, 0.3) is 10.9 Å². The van der Waals surface area contributed by atoms with E-state index in [1.165, 1.54) is 0 Å². The van der Waals surface area contributed by atoms with E-state index in [1.807, 2.05) is 61.0 Å². The number of hydrogen-bond donors (Lipinski definition) is 0. The highest BCUT2D eigenvalue weighted by atomic mass is 15.0. The summed E-state index contributed by atoms with van der Waals surface area (Å²) in [6, 6.07) is 10.0. The van der Waals surface area contributed by atoms with Crippen LogP contribution in [0.2, 0.25) is 0 Å². The van der Waals surface area contributed by atoms with Crippen molar-refractivity contribution in [3.63, 3.8) is 0 Å². The quantitative estimate of drug-likeness (QED) is 0.428. The molecule has 0 aliphatic heterocycles. The van der Waals surface area contributed by atoms with Crippen molar-refractivity contribution in [2.45, 2.75) is 0 Å². The van der Waals surface area contributed by atoms with Crippen LogP contribution in [0.3, 0.4) is 0 Å². The van der Waals surface area contributed by atoms with Gasteiger partial charge in [-0.15, -0.1) is 4.98 Å². The van der Waals surface area contributed by atoms with E-state index >= 15 is 0 Å². The minimum Gasteiger partial charge on any atom is -0.278 e. The fourth-order valence-electron chi connectivity index (χ4n) is 2.02. The monoisotopic (exact) mass is 249 g/mol. The Morgan fingerprint density at radius 2 is 1.84 bits per heavy atom. The highest BCUT2D eigenvalue weighted by molar-refractivity contribution is 6.62. The van der Waals surface area contributed by atoms with E-state index in [4.69, 9.17) is 0 Å². The third-order valence-electron chi connectivity index (χ3n) is 3.09. The summed E-state index contributed by atoms with van der Waals surface area (Å²) in [5, 5.41) is 1.13. The smallest absolute Gasteiger partial charge is 0.181 e. The molecule has 0 amide bonds. The van der Waals surface area contributed by atoms with Crippen molar-refractivity contribution in [2.75, 3.05) is 0 Å². The topological polar surface area (TPSA) is 33.5 Å². The molecule has 92 valence electrons. The first kappa shape index (κ1) is 11.8. The van der Waals surface area contributed by atoms with E-state index in [1.54, 1.807) is 6.20 Å². The highest BCUT2D eigenvalue weighted by Gasteiger charge is 2.07. The van der Waals surface area contributed by atoms with Crippen LogP contribution in [0.4, 0.5) is 0 Å². The van der Waals surface area contributed by atoms with Crippen LogP contribution >= 0.6 is 0 Å². The normalized spacial score (nSPS) is 10.8. The SMILES string of the molecule is C[n+]1cccnc1[B-]c1nc2ccccc2c[n+]1C. The Morgan fingerprint density at radius 1 is 1.00 bits per heavy atom. The van der Waals surface area contributed by atoms with Crippen LogP contribution in [0.15, 0.2) is 48.9 Å². The number of para-hydroxylation sites is 1. The molecule has 2 radical (unpaired) electrons. The number of aryl methyl sites for hydroxylation is 2. The van der Waals surface area contributed by atoms with Gasteiger partial charge in [-0.3, -0.25) is 9.13 Å². The zero-order valence-electron chi connectivity index (χ0n) is 11.0. The van der Waals surface area contributed by atoms with Gasteiger partial charge < -0.3 is 0 Å². The number of fused-ring (bicyclic) bond motifs is 1. The third-order valence-corrected chi connectivity index (χ3v) is 3.09. The maximum Gasteiger partial charge on any atom is 0.181 e. The molecular weight excluding hydrogens is 235 g/mol. The number of rotatable bonds is 2. The van der Waals surface area contributed by atoms with E-state index < -0.39 is 0 Å². The molecule has 2 aromatic heterocycles.